The summed E-state index contributed by atoms with van der Waals surface area (Å²) in [5.41, 5.74) is -0.544. The van der Waals surface area contributed by atoms with Gasteiger partial charge in [-0.1, -0.05) is 0 Å². The number of H-pyrrole nitrogens is 1. The molecule has 0 bridgehead atoms. The summed E-state index contributed by atoms with van der Waals surface area (Å²) in [6.45, 7) is 1.33. The summed E-state index contributed by atoms with van der Waals surface area (Å²) in [5, 5.41) is 13.7. The molecular weight excluding hydrogens is 170 g/mol. The van der Waals surface area contributed by atoms with Crippen LogP contribution in [0, 0.1) is 6.92 Å². The molecule has 0 amide bonds. The maximum atomic E-state index is 12.7. The van der Waals surface area contributed by atoms with E-state index in [-0.39, 0.29) is 5.69 Å². The minimum Gasteiger partial charge on any atom is -0.477 e. The first-order valence-electron chi connectivity index (χ1n) is 3.08. The number of nitrogens with zero attached hydrogens (tertiary/aromatic N) is 1. The predicted molar refractivity (Wildman–Crippen MR) is 34.9 cm³/mol. The van der Waals surface area contributed by atoms with E-state index < -0.39 is 17.5 Å². The van der Waals surface area contributed by atoms with Gasteiger partial charge in [-0.15, -0.1) is 0 Å². The Kier molecular flexibility index (Phi) is 1.83. The number of aliphatic carboxylic acids is 1. The topological polar surface area (TPSA) is 66.0 Å². The number of halogens is 2. The molecule has 0 atom stereocenters. The van der Waals surface area contributed by atoms with Gasteiger partial charge in [0.2, 0.25) is 0 Å². The van der Waals surface area contributed by atoms with E-state index in [9.17, 15) is 13.6 Å². The average Bonchev–Trinajstić information content (AvgIpc) is 2.35. The summed E-state index contributed by atoms with van der Waals surface area (Å²) in [7, 11) is 0. The molecule has 1 aromatic heterocycles. The third kappa shape index (κ3) is 1.15. The molecule has 0 aliphatic carbocycles. The van der Waals surface area contributed by atoms with Gasteiger partial charge in [-0.3, -0.25) is 5.10 Å². The Labute approximate surface area is 66.2 Å². The summed E-state index contributed by atoms with van der Waals surface area (Å²) in [6.07, 6.45) is 0.809. The number of carboxylic acids is 1. The molecule has 0 saturated carbocycles. The van der Waals surface area contributed by atoms with Gasteiger partial charge >= 0.3 is 11.9 Å². The first-order chi connectivity index (χ1) is 5.46. The van der Waals surface area contributed by atoms with Gasteiger partial charge in [0.25, 0.3) is 0 Å². The summed E-state index contributed by atoms with van der Waals surface area (Å²) < 4.78 is 25.4. The van der Waals surface area contributed by atoms with E-state index in [4.69, 9.17) is 5.11 Å². The van der Waals surface area contributed by atoms with Crippen molar-refractivity contribution in [2.24, 2.45) is 0 Å². The van der Waals surface area contributed by atoms with Crippen molar-refractivity contribution in [3.05, 3.63) is 17.5 Å². The van der Waals surface area contributed by atoms with Crippen LogP contribution in [0.5, 0.6) is 0 Å². The highest BCUT2D eigenvalue weighted by Gasteiger charge is 2.43. The van der Waals surface area contributed by atoms with Crippen molar-refractivity contribution in [3.63, 3.8) is 0 Å². The Morgan fingerprint density at radius 2 is 2.33 bits per heavy atom. The Balaban J connectivity index is 3.13. The highest BCUT2D eigenvalue weighted by atomic mass is 19.3. The van der Waals surface area contributed by atoms with Crippen molar-refractivity contribution in [1.29, 1.82) is 0 Å². The van der Waals surface area contributed by atoms with Crippen LogP contribution in [0.4, 0.5) is 8.78 Å². The van der Waals surface area contributed by atoms with Crippen LogP contribution in [-0.4, -0.2) is 21.3 Å². The summed E-state index contributed by atoms with van der Waals surface area (Å²) in [4.78, 5) is 10.1. The second-order valence-electron chi connectivity index (χ2n) is 2.29. The van der Waals surface area contributed by atoms with Crippen molar-refractivity contribution in [2.45, 2.75) is 12.8 Å². The third-order valence-electron chi connectivity index (χ3n) is 1.44. The molecular formula is C6H6F2N2O2. The standard InChI is InChI=1S/C6H6F2N2O2/c1-3-4(2-9-10-3)6(7,8)5(11)12/h2H,1H3,(H,9,10)(H,11,12). The molecule has 4 nitrogen and oxygen atoms in total. The quantitative estimate of drug-likeness (QED) is 0.703. The number of aromatic amines is 1. The molecule has 1 heterocycles. The van der Waals surface area contributed by atoms with Crippen molar-refractivity contribution < 1.29 is 18.7 Å². The monoisotopic (exact) mass is 176 g/mol. The van der Waals surface area contributed by atoms with Crippen molar-refractivity contribution in [3.8, 4) is 0 Å². The largest absolute Gasteiger partial charge is 0.477 e. The van der Waals surface area contributed by atoms with Crippen LogP contribution in [0.25, 0.3) is 0 Å². The van der Waals surface area contributed by atoms with Crippen molar-refractivity contribution in [1.82, 2.24) is 10.2 Å². The smallest absolute Gasteiger partial charge is 0.379 e. The lowest BCUT2D eigenvalue weighted by atomic mass is 10.1. The summed E-state index contributed by atoms with van der Waals surface area (Å²) >= 11 is 0. The highest BCUT2D eigenvalue weighted by Crippen LogP contribution is 2.29. The number of carboxylic acid groups (broad SMARTS) is 1. The number of aryl methyl sites for hydroxylation is 1. The van der Waals surface area contributed by atoms with Crippen molar-refractivity contribution in [2.75, 3.05) is 0 Å². The number of carbonyl (C=O) groups is 1. The molecule has 6 heteroatoms. The van der Waals surface area contributed by atoms with Gasteiger partial charge in [-0.25, -0.2) is 4.79 Å². The Morgan fingerprint density at radius 1 is 1.75 bits per heavy atom. The van der Waals surface area contributed by atoms with E-state index in [1.165, 1.54) is 6.92 Å². The average molecular weight is 176 g/mol. The molecule has 0 aromatic carbocycles. The van der Waals surface area contributed by atoms with E-state index in [1.807, 2.05) is 0 Å². The Morgan fingerprint density at radius 3 is 2.67 bits per heavy atom. The second-order valence-corrected chi connectivity index (χ2v) is 2.29. The molecule has 0 unspecified atom stereocenters. The molecule has 0 aliphatic rings. The lowest BCUT2D eigenvalue weighted by Gasteiger charge is -2.08. The summed E-state index contributed by atoms with van der Waals surface area (Å²) in [6, 6.07) is 0. The third-order valence-corrected chi connectivity index (χ3v) is 1.44. The molecule has 1 aromatic rings. The molecule has 66 valence electrons. The first kappa shape index (κ1) is 8.63. The Bertz CT molecular complexity index is 308. The van der Waals surface area contributed by atoms with Crippen LogP contribution in [0.15, 0.2) is 6.20 Å². The van der Waals surface area contributed by atoms with Gasteiger partial charge in [0.1, 0.15) is 0 Å². The lowest BCUT2D eigenvalue weighted by molar-refractivity contribution is -0.166. The molecule has 0 fully saturated rings. The molecule has 0 aliphatic heterocycles. The highest BCUT2D eigenvalue weighted by molar-refractivity contribution is 5.77. The van der Waals surface area contributed by atoms with Crippen molar-refractivity contribution >= 4 is 5.97 Å². The number of rotatable bonds is 2. The van der Waals surface area contributed by atoms with E-state index in [0.29, 0.717) is 0 Å². The molecule has 1 rings (SSSR count). The number of nitrogens with one attached hydrogen (secondary N) is 1. The molecule has 0 saturated heterocycles. The van der Waals surface area contributed by atoms with Crippen LogP contribution < -0.4 is 0 Å². The van der Waals surface area contributed by atoms with Gasteiger partial charge in [0, 0.05) is 5.69 Å². The zero-order valence-corrected chi connectivity index (χ0v) is 6.14. The van der Waals surface area contributed by atoms with Crippen LogP contribution in [-0.2, 0) is 10.7 Å². The zero-order valence-electron chi connectivity index (χ0n) is 6.14. The van der Waals surface area contributed by atoms with Crippen LogP contribution in [0.1, 0.15) is 11.3 Å². The van der Waals surface area contributed by atoms with Gasteiger partial charge < -0.3 is 5.11 Å². The fraction of sp³-hybridized carbons (Fsp3) is 0.333. The van der Waals surface area contributed by atoms with Gasteiger partial charge in [0.15, 0.2) is 0 Å². The van der Waals surface area contributed by atoms with E-state index in [1.54, 1.807) is 0 Å². The van der Waals surface area contributed by atoms with Crippen LogP contribution in [0.2, 0.25) is 0 Å². The molecule has 0 radical (unpaired) electrons. The summed E-state index contributed by atoms with van der Waals surface area (Å²) in [5.74, 6) is -6.04. The molecule has 0 spiro atoms. The Hall–Kier alpha value is -1.46. The number of hydrogen-bond acceptors (Lipinski definition) is 2. The van der Waals surface area contributed by atoms with Gasteiger partial charge in [-0.05, 0) is 6.92 Å². The van der Waals surface area contributed by atoms with Crippen LogP contribution in [0.3, 0.4) is 0 Å². The maximum absolute atomic E-state index is 12.7. The lowest BCUT2D eigenvalue weighted by Crippen LogP contribution is -2.25. The first-order valence-corrected chi connectivity index (χ1v) is 3.08. The van der Waals surface area contributed by atoms with Gasteiger partial charge in [-0.2, -0.15) is 13.9 Å². The van der Waals surface area contributed by atoms with E-state index in [2.05, 4.69) is 10.2 Å². The number of hydrogen-bond donors (Lipinski definition) is 2. The zero-order chi connectivity index (χ0) is 9.35. The SMILES string of the molecule is Cc1[nH]ncc1C(F)(F)C(=O)O. The predicted octanol–water partition coefficient (Wildman–Crippen LogP) is 0.895. The van der Waals surface area contributed by atoms with E-state index >= 15 is 0 Å². The molecule has 12 heavy (non-hydrogen) atoms. The minimum absolute atomic E-state index is 0.0578. The van der Waals surface area contributed by atoms with E-state index in [0.717, 1.165) is 6.20 Å². The maximum Gasteiger partial charge on any atom is 0.379 e. The fourth-order valence-corrected chi connectivity index (χ4v) is 0.782. The molecule has 2 N–H and O–H groups in total. The van der Waals surface area contributed by atoms with Gasteiger partial charge in [0.05, 0.1) is 11.8 Å². The number of aromatic nitrogens is 2. The fourth-order valence-electron chi connectivity index (χ4n) is 0.782. The minimum atomic E-state index is -3.86. The second kappa shape index (κ2) is 2.54. The number of alkyl halides is 2. The normalized spacial score (nSPS) is 11.6. The van der Waals surface area contributed by atoms with Crippen LogP contribution >= 0.6 is 0 Å².